The molecule has 2 aromatic rings. The maximum Gasteiger partial charge on any atom is 0.239 e. The molecule has 0 fully saturated rings. The summed E-state index contributed by atoms with van der Waals surface area (Å²) in [5.74, 6) is 0.645. The summed E-state index contributed by atoms with van der Waals surface area (Å²) in [6, 6.07) is 0. The second kappa shape index (κ2) is 3.08. The fraction of sp³-hybridized carbons (Fsp3) is 0. The molecule has 0 aliphatic rings. The first-order valence-electron chi connectivity index (χ1n) is 3.51. The molecule has 72 valence electrons. The van der Waals surface area contributed by atoms with Gasteiger partial charge in [0.15, 0.2) is 11.6 Å². The van der Waals surface area contributed by atoms with E-state index in [-0.39, 0.29) is 23.3 Å². The van der Waals surface area contributed by atoms with E-state index in [0.29, 0.717) is 0 Å². The van der Waals surface area contributed by atoms with E-state index in [1.807, 2.05) is 0 Å². The van der Waals surface area contributed by atoms with Crippen molar-refractivity contribution in [2.45, 2.75) is 0 Å². The van der Waals surface area contributed by atoms with Crippen LogP contribution in [0, 0.1) is 0 Å². The molecule has 2 heterocycles. The van der Waals surface area contributed by atoms with Crippen LogP contribution in [0.25, 0.3) is 0 Å². The number of H-pyrrole nitrogens is 2. The Balaban J connectivity index is 2.23. The maximum atomic E-state index is 5.38. The minimum atomic E-state index is 0.149. The van der Waals surface area contributed by atoms with Gasteiger partial charge in [-0.2, -0.15) is 10.4 Å². The van der Waals surface area contributed by atoms with Crippen LogP contribution in [-0.4, -0.2) is 30.8 Å². The number of nitrogens with one attached hydrogen (secondary N) is 2. The summed E-state index contributed by atoms with van der Waals surface area (Å²) in [6.45, 7) is 0. The van der Waals surface area contributed by atoms with E-state index in [4.69, 9.17) is 11.5 Å². The van der Waals surface area contributed by atoms with Crippen molar-refractivity contribution in [3.8, 4) is 0 Å². The maximum absolute atomic E-state index is 5.38. The molecule has 0 unspecified atom stereocenters. The number of nitrogen functional groups attached to an aromatic ring is 2. The summed E-state index contributed by atoms with van der Waals surface area (Å²) >= 11 is 0. The Labute approximate surface area is 76.8 Å². The van der Waals surface area contributed by atoms with Crippen LogP contribution in [0.15, 0.2) is 10.2 Å². The third-order valence-corrected chi connectivity index (χ3v) is 1.35. The van der Waals surface area contributed by atoms with E-state index >= 15 is 0 Å². The van der Waals surface area contributed by atoms with Gasteiger partial charge in [-0.3, -0.25) is 0 Å². The first-order chi connectivity index (χ1) is 6.77. The molecule has 0 amide bonds. The van der Waals surface area contributed by atoms with Crippen LogP contribution in [0.4, 0.5) is 23.3 Å². The highest BCUT2D eigenvalue weighted by Crippen LogP contribution is 2.19. The van der Waals surface area contributed by atoms with Gasteiger partial charge in [-0.25, -0.2) is 0 Å². The minimum absolute atomic E-state index is 0.149. The lowest BCUT2D eigenvalue weighted by atomic mass is 10.7. The van der Waals surface area contributed by atoms with Crippen molar-refractivity contribution in [2.24, 2.45) is 10.2 Å². The lowest BCUT2D eigenvalue weighted by Gasteiger charge is -1.84. The van der Waals surface area contributed by atoms with Crippen molar-refractivity contribution in [3.63, 3.8) is 0 Å². The number of anilines is 2. The number of hydrogen-bond donors (Lipinski definition) is 4. The number of aromatic nitrogens is 6. The molecule has 0 aromatic carbocycles. The topological polar surface area (TPSA) is 160 Å². The summed E-state index contributed by atoms with van der Waals surface area (Å²) in [4.78, 5) is 0. The molecule has 14 heavy (non-hydrogen) atoms. The van der Waals surface area contributed by atoms with Crippen LogP contribution >= 0.6 is 0 Å². The Hall–Kier alpha value is -2.52. The van der Waals surface area contributed by atoms with Gasteiger partial charge in [-0.1, -0.05) is 0 Å². The van der Waals surface area contributed by atoms with Crippen molar-refractivity contribution in [3.05, 3.63) is 0 Å². The van der Waals surface area contributed by atoms with Crippen molar-refractivity contribution < 1.29 is 0 Å². The minimum Gasteiger partial charge on any atom is -0.379 e. The van der Waals surface area contributed by atoms with Gasteiger partial charge in [0, 0.05) is 0 Å². The SMILES string of the molecule is Nc1n[nH]nc1N=Nc1n[nH]nc1N. The average Bonchev–Trinajstić information content (AvgIpc) is 2.72. The molecule has 6 N–H and O–H groups in total. The standard InChI is InChI=1S/C4H6N10/c5-1-3(11-13-7-1)9-10-4-2(6)8-14-12-4/h(H3,5,7,11,13)(H3,6,8,12,14). The quantitative estimate of drug-likeness (QED) is 0.471. The van der Waals surface area contributed by atoms with Crippen molar-refractivity contribution in [1.82, 2.24) is 30.8 Å². The molecule has 10 nitrogen and oxygen atoms in total. The Morgan fingerprint density at radius 1 is 0.786 bits per heavy atom. The predicted molar refractivity (Wildman–Crippen MR) is 45.8 cm³/mol. The smallest absolute Gasteiger partial charge is 0.239 e. The highest BCUT2D eigenvalue weighted by molar-refractivity contribution is 5.52. The van der Waals surface area contributed by atoms with Gasteiger partial charge >= 0.3 is 0 Å². The van der Waals surface area contributed by atoms with Gasteiger partial charge in [-0.15, -0.1) is 30.6 Å². The van der Waals surface area contributed by atoms with E-state index in [9.17, 15) is 0 Å². The second-order valence-corrected chi connectivity index (χ2v) is 2.26. The first kappa shape index (κ1) is 8.10. The zero-order chi connectivity index (χ0) is 9.97. The summed E-state index contributed by atoms with van der Waals surface area (Å²) in [6.07, 6.45) is 0. The van der Waals surface area contributed by atoms with Crippen LogP contribution in [0.5, 0.6) is 0 Å². The van der Waals surface area contributed by atoms with Crippen LogP contribution in [0.3, 0.4) is 0 Å². The number of azo groups is 1. The Bertz CT molecular complexity index is 408. The fourth-order valence-electron chi connectivity index (χ4n) is 0.709. The lowest BCUT2D eigenvalue weighted by Crippen LogP contribution is -1.84. The molecule has 0 aliphatic carbocycles. The van der Waals surface area contributed by atoms with Gasteiger partial charge < -0.3 is 11.5 Å². The van der Waals surface area contributed by atoms with Gasteiger partial charge in [-0.05, 0) is 0 Å². The Morgan fingerprint density at radius 3 is 1.50 bits per heavy atom. The molecule has 0 saturated heterocycles. The van der Waals surface area contributed by atoms with Crippen molar-refractivity contribution >= 4 is 23.3 Å². The monoisotopic (exact) mass is 194 g/mol. The van der Waals surface area contributed by atoms with Crippen LogP contribution < -0.4 is 11.5 Å². The molecule has 0 radical (unpaired) electrons. The molecule has 0 bridgehead atoms. The third-order valence-electron chi connectivity index (χ3n) is 1.35. The number of hydrogen-bond acceptors (Lipinski definition) is 8. The highest BCUT2D eigenvalue weighted by atomic mass is 15.4. The van der Waals surface area contributed by atoms with E-state index in [0.717, 1.165) is 0 Å². The predicted octanol–water partition coefficient (Wildman–Crippen LogP) is -0.497. The van der Waals surface area contributed by atoms with Crippen LogP contribution in [0.2, 0.25) is 0 Å². The molecule has 0 aliphatic heterocycles. The van der Waals surface area contributed by atoms with E-state index in [1.54, 1.807) is 0 Å². The van der Waals surface area contributed by atoms with Gasteiger partial charge in [0.2, 0.25) is 11.6 Å². The Morgan fingerprint density at radius 2 is 1.21 bits per heavy atom. The number of nitrogens with two attached hydrogens (primary N) is 2. The average molecular weight is 194 g/mol. The third kappa shape index (κ3) is 1.35. The summed E-state index contributed by atoms with van der Waals surface area (Å²) < 4.78 is 0. The van der Waals surface area contributed by atoms with E-state index in [1.165, 1.54) is 0 Å². The number of rotatable bonds is 2. The summed E-state index contributed by atoms with van der Waals surface area (Å²) in [5, 5.41) is 26.3. The van der Waals surface area contributed by atoms with E-state index < -0.39 is 0 Å². The van der Waals surface area contributed by atoms with E-state index in [2.05, 4.69) is 41.0 Å². The Kier molecular flexibility index (Phi) is 1.78. The normalized spacial score (nSPS) is 11.1. The molecular weight excluding hydrogens is 188 g/mol. The highest BCUT2D eigenvalue weighted by Gasteiger charge is 2.04. The molecule has 0 spiro atoms. The summed E-state index contributed by atoms with van der Waals surface area (Å²) in [7, 11) is 0. The second-order valence-electron chi connectivity index (χ2n) is 2.26. The molecule has 0 saturated carbocycles. The lowest BCUT2D eigenvalue weighted by molar-refractivity contribution is 0.928. The van der Waals surface area contributed by atoms with Crippen LogP contribution in [0.1, 0.15) is 0 Å². The molecular formula is C4H6N10. The van der Waals surface area contributed by atoms with Gasteiger partial charge in [0.25, 0.3) is 0 Å². The molecule has 2 rings (SSSR count). The summed E-state index contributed by atoms with van der Waals surface area (Å²) in [5.41, 5.74) is 10.8. The molecule has 10 heteroatoms. The van der Waals surface area contributed by atoms with Gasteiger partial charge in [0.05, 0.1) is 0 Å². The van der Waals surface area contributed by atoms with Crippen molar-refractivity contribution in [1.29, 1.82) is 0 Å². The van der Waals surface area contributed by atoms with Gasteiger partial charge in [0.1, 0.15) is 0 Å². The zero-order valence-corrected chi connectivity index (χ0v) is 6.84. The first-order valence-corrected chi connectivity index (χ1v) is 3.51. The molecule has 2 aromatic heterocycles. The van der Waals surface area contributed by atoms with Crippen molar-refractivity contribution in [2.75, 3.05) is 11.5 Å². The number of aromatic amines is 2. The largest absolute Gasteiger partial charge is 0.379 e. The number of nitrogens with zero attached hydrogens (tertiary/aromatic N) is 6. The zero-order valence-electron chi connectivity index (χ0n) is 6.84. The van der Waals surface area contributed by atoms with Crippen LogP contribution in [-0.2, 0) is 0 Å². The molecule has 0 atom stereocenters. The fourth-order valence-corrected chi connectivity index (χ4v) is 0.709.